The molecule has 0 spiro atoms. The van der Waals surface area contributed by atoms with Gasteiger partial charge in [0.05, 0.1) is 21.8 Å². The second-order valence-corrected chi connectivity index (χ2v) is 6.31. The number of pyridine rings is 1. The van der Waals surface area contributed by atoms with E-state index in [1.807, 2.05) is 26.0 Å². The number of hydrogen-bond acceptors (Lipinski definition) is 2. The Labute approximate surface area is 143 Å². The molecule has 0 saturated carbocycles. The highest BCUT2D eigenvalue weighted by Gasteiger charge is 2.16. The number of hydrogen-bond donors (Lipinski definition) is 1. The van der Waals surface area contributed by atoms with Crippen LogP contribution in [0.15, 0.2) is 36.4 Å². The van der Waals surface area contributed by atoms with E-state index in [1.165, 1.54) is 0 Å². The van der Waals surface area contributed by atoms with E-state index in [2.05, 4.69) is 4.98 Å². The van der Waals surface area contributed by atoms with Crippen molar-refractivity contribution >= 4 is 40.1 Å². The van der Waals surface area contributed by atoms with Gasteiger partial charge in [0, 0.05) is 16.0 Å². The lowest BCUT2D eigenvalue weighted by Gasteiger charge is -2.11. The standard InChI is InChI=1S/C18H13Cl2NO2/c1-9-5-10(2)17-13(6-9)14(18(22)23)8-16(21-17)12-4-3-11(19)7-15(12)20/h3-8H,1-2H3,(H,22,23). The predicted molar refractivity (Wildman–Crippen MR) is 93.6 cm³/mol. The number of aryl methyl sites for hydroxylation is 2. The summed E-state index contributed by atoms with van der Waals surface area (Å²) in [5.41, 5.74) is 3.97. The van der Waals surface area contributed by atoms with Gasteiger partial charge in [0.1, 0.15) is 0 Å². The molecule has 0 aliphatic rings. The molecule has 0 saturated heterocycles. The SMILES string of the molecule is Cc1cc(C)c2nc(-c3ccc(Cl)cc3Cl)cc(C(=O)O)c2c1. The molecule has 5 heteroatoms. The van der Waals surface area contributed by atoms with Crippen LogP contribution in [0.5, 0.6) is 0 Å². The average Bonchev–Trinajstić information content (AvgIpc) is 2.46. The van der Waals surface area contributed by atoms with Crippen molar-refractivity contribution in [1.82, 2.24) is 4.98 Å². The minimum absolute atomic E-state index is 0.211. The molecule has 3 rings (SSSR count). The Kier molecular flexibility index (Phi) is 4.00. The summed E-state index contributed by atoms with van der Waals surface area (Å²) in [5, 5.41) is 11.2. The van der Waals surface area contributed by atoms with Crippen molar-refractivity contribution in [2.24, 2.45) is 0 Å². The molecule has 1 aromatic heterocycles. The van der Waals surface area contributed by atoms with Crippen LogP contribution in [0.1, 0.15) is 21.5 Å². The van der Waals surface area contributed by atoms with Crippen LogP contribution in [0.25, 0.3) is 22.2 Å². The fourth-order valence-corrected chi connectivity index (χ4v) is 3.20. The van der Waals surface area contributed by atoms with E-state index in [0.29, 0.717) is 32.2 Å². The van der Waals surface area contributed by atoms with Gasteiger partial charge in [-0.2, -0.15) is 0 Å². The third-order valence-corrected chi connectivity index (χ3v) is 4.23. The summed E-state index contributed by atoms with van der Waals surface area (Å²) in [6.45, 7) is 3.85. The zero-order valence-corrected chi connectivity index (χ0v) is 14.0. The number of carbonyl (C=O) groups is 1. The molecule has 1 N–H and O–H groups in total. The fraction of sp³-hybridized carbons (Fsp3) is 0.111. The number of benzene rings is 2. The van der Waals surface area contributed by atoms with E-state index < -0.39 is 5.97 Å². The molecule has 23 heavy (non-hydrogen) atoms. The number of carboxylic acids is 1. The first-order chi connectivity index (χ1) is 10.9. The van der Waals surface area contributed by atoms with Crippen LogP contribution in [0.2, 0.25) is 10.0 Å². The molecule has 0 aliphatic heterocycles. The van der Waals surface area contributed by atoms with Crippen LogP contribution >= 0.6 is 23.2 Å². The molecular formula is C18H13Cl2NO2. The third-order valence-electron chi connectivity index (χ3n) is 3.69. The Bertz CT molecular complexity index is 951. The third kappa shape index (κ3) is 2.90. The van der Waals surface area contributed by atoms with Gasteiger partial charge in [-0.05, 0) is 49.7 Å². The number of nitrogens with zero attached hydrogens (tertiary/aromatic N) is 1. The van der Waals surface area contributed by atoms with Gasteiger partial charge in [0.2, 0.25) is 0 Å². The second kappa shape index (κ2) is 5.84. The van der Waals surface area contributed by atoms with Crippen molar-refractivity contribution in [3.05, 3.63) is 63.1 Å². The van der Waals surface area contributed by atoms with Crippen LogP contribution in [0.4, 0.5) is 0 Å². The summed E-state index contributed by atoms with van der Waals surface area (Å²) in [5.74, 6) is -0.992. The minimum Gasteiger partial charge on any atom is -0.478 e. The van der Waals surface area contributed by atoms with Gasteiger partial charge in [-0.15, -0.1) is 0 Å². The summed E-state index contributed by atoms with van der Waals surface area (Å²) in [6.07, 6.45) is 0. The molecule has 1 heterocycles. The van der Waals surface area contributed by atoms with Gasteiger partial charge in [0.15, 0.2) is 0 Å². The van der Waals surface area contributed by atoms with E-state index in [-0.39, 0.29) is 5.56 Å². The topological polar surface area (TPSA) is 50.2 Å². The van der Waals surface area contributed by atoms with Gasteiger partial charge < -0.3 is 5.11 Å². The van der Waals surface area contributed by atoms with Crippen LogP contribution in [-0.2, 0) is 0 Å². The Hall–Kier alpha value is -2.10. The normalized spacial score (nSPS) is 11.0. The van der Waals surface area contributed by atoms with Crippen LogP contribution < -0.4 is 0 Å². The maximum absolute atomic E-state index is 11.7. The highest BCUT2D eigenvalue weighted by atomic mass is 35.5. The molecule has 3 aromatic rings. The summed E-state index contributed by atoms with van der Waals surface area (Å²) < 4.78 is 0. The van der Waals surface area contributed by atoms with Crippen molar-refractivity contribution in [3.8, 4) is 11.3 Å². The van der Waals surface area contributed by atoms with Gasteiger partial charge in [-0.1, -0.05) is 34.8 Å². The minimum atomic E-state index is -0.992. The first-order valence-corrected chi connectivity index (χ1v) is 7.73. The van der Waals surface area contributed by atoms with E-state index in [4.69, 9.17) is 23.2 Å². The number of aromatic carboxylic acids is 1. The molecule has 0 atom stereocenters. The molecule has 0 amide bonds. The summed E-state index contributed by atoms with van der Waals surface area (Å²) in [4.78, 5) is 16.3. The summed E-state index contributed by atoms with van der Waals surface area (Å²) in [7, 11) is 0. The molecule has 0 aliphatic carbocycles. The zero-order valence-electron chi connectivity index (χ0n) is 12.5. The first-order valence-electron chi connectivity index (χ1n) is 6.97. The lowest BCUT2D eigenvalue weighted by molar-refractivity contribution is 0.0699. The molecule has 0 fully saturated rings. The molecule has 0 unspecified atom stereocenters. The molecule has 0 bridgehead atoms. The second-order valence-electron chi connectivity index (χ2n) is 5.46. The van der Waals surface area contributed by atoms with Gasteiger partial charge in [-0.25, -0.2) is 9.78 Å². The monoisotopic (exact) mass is 345 g/mol. The van der Waals surface area contributed by atoms with Crippen LogP contribution in [-0.4, -0.2) is 16.1 Å². The highest BCUT2D eigenvalue weighted by molar-refractivity contribution is 6.36. The summed E-state index contributed by atoms with van der Waals surface area (Å²) in [6, 6.07) is 10.4. The number of fused-ring (bicyclic) bond motifs is 1. The summed E-state index contributed by atoms with van der Waals surface area (Å²) >= 11 is 12.2. The lowest BCUT2D eigenvalue weighted by Crippen LogP contribution is -2.02. The highest BCUT2D eigenvalue weighted by Crippen LogP contribution is 2.33. The molecular weight excluding hydrogens is 333 g/mol. The number of carboxylic acid groups (broad SMARTS) is 1. The van der Waals surface area contributed by atoms with Crippen molar-refractivity contribution in [1.29, 1.82) is 0 Å². The van der Waals surface area contributed by atoms with E-state index in [1.54, 1.807) is 24.3 Å². The van der Waals surface area contributed by atoms with Gasteiger partial charge >= 0.3 is 5.97 Å². The van der Waals surface area contributed by atoms with Gasteiger partial charge in [-0.3, -0.25) is 0 Å². The number of aromatic nitrogens is 1. The number of rotatable bonds is 2. The molecule has 2 aromatic carbocycles. The van der Waals surface area contributed by atoms with E-state index >= 15 is 0 Å². The molecule has 116 valence electrons. The van der Waals surface area contributed by atoms with Crippen molar-refractivity contribution in [2.75, 3.05) is 0 Å². The van der Waals surface area contributed by atoms with Gasteiger partial charge in [0.25, 0.3) is 0 Å². The Morgan fingerprint density at radius 1 is 1.09 bits per heavy atom. The molecule has 3 nitrogen and oxygen atoms in total. The Morgan fingerprint density at radius 3 is 2.48 bits per heavy atom. The van der Waals surface area contributed by atoms with Crippen molar-refractivity contribution in [3.63, 3.8) is 0 Å². The van der Waals surface area contributed by atoms with Crippen molar-refractivity contribution in [2.45, 2.75) is 13.8 Å². The number of halogens is 2. The predicted octanol–water partition coefficient (Wildman–Crippen LogP) is 5.52. The van der Waals surface area contributed by atoms with E-state index in [0.717, 1.165) is 11.1 Å². The Morgan fingerprint density at radius 2 is 1.83 bits per heavy atom. The van der Waals surface area contributed by atoms with Crippen molar-refractivity contribution < 1.29 is 9.90 Å². The smallest absolute Gasteiger partial charge is 0.336 e. The maximum Gasteiger partial charge on any atom is 0.336 e. The maximum atomic E-state index is 11.7. The lowest BCUT2D eigenvalue weighted by atomic mass is 10.00. The average molecular weight is 346 g/mol. The quantitative estimate of drug-likeness (QED) is 0.664. The zero-order chi connectivity index (χ0) is 16.7. The Balaban J connectivity index is 2.37. The largest absolute Gasteiger partial charge is 0.478 e. The van der Waals surface area contributed by atoms with Crippen LogP contribution in [0.3, 0.4) is 0 Å². The fourth-order valence-electron chi connectivity index (χ4n) is 2.69. The first kappa shape index (κ1) is 15.8. The van der Waals surface area contributed by atoms with Crippen LogP contribution in [0, 0.1) is 13.8 Å². The van der Waals surface area contributed by atoms with E-state index in [9.17, 15) is 9.90 Å². The molecule has 0 radical (unpaired) electrons.